The monoisotopic (exact) mass is 495 g/mol. The Morgan fingerprint density at radius 1 is 0.735 bits per heavy atom. The smallest absolute Gasteiger partial charge is 0.253 e. The first kappa shape index (κ1) is 30.1. The van der Waals surface area contributed by atoms with Gasteiger partial charge in [-0.25, -0.2) is 13.6 Å². The number of unbranched alkanes of at least 4 members (excludes halogenated alkanes) is 14. The number of hydrogen-bond acceptors (Lipinski definition) is 4. The van der Waals surface area contributed by atoms with E-state index in [2.05, 4.69) is 17.6 Å². The highest BCUT2D eigenvalue weighted by atomic mass is 32.2. The summed E-state index contributed by atoms with van der Waals surface area (Å²) < 4.78 is 23.6. The summed E-state index contributed by atoms with van der Waals surface area (Å²) in [6.45, 7) is 2.25. The lowest BCUT2D eigenvalue weighted by atomic mass is 10.0. The fourth-order valence-corrected chi connectivity index (χ4v) is 4.43. The lowest BCUT2D eigenvalue weighted by molar-refractivity contribution is -0.121. The first-order valence-electron chi connectivity index (χ1n) is 13.0. The summed E-state index contributed by atoms with van der Waals surface area (Å²) in [4.78, 5) is 24.4. The molecule has 1 unspecified atom stereocenters. The Morgan fingerprint density at radius 3 is 1.62 bits per heavy atom. The number of amides is 2. The number of benzene rings is 1. The average Bonchev–Trinajstić information content (AvgIpc) is 2.81. The number of primary sulfonamides is 1. The van der Waals surface area contributed by atoms with Crippen LogP contribution in [0.5, 0.6) is 0 Å². The molecule has 0 aliphatic heterocycles. The molecule has 0 bridgehead atoms. The molecule has 8 heteroatoms. The number of carbonyl (C=O) groups excluding carboxylic acids is 2. The number of carbonyl (C=O) groups is 2. The van der Waals surface area contributed by atoms with E-state index < -0.39 is 27.3 Å². The second kappa shape index (κ2) is 18.4. The van der Waals surface area contributed by atoms with Gasteiger partial charge in [-0.2, -0.15) is 0 Å². The topological polar surface area (TPSA) is 118 Å². The molecule has 0 fully saturated rings. The normalized spacial score (nSPS) is 12.3. The molecule has 0 spiro atoms. The van der Waals surface area contributed by atoms with Gasteiger partial charge in [0.1, 0.15) is 0 Å². The summed E-state index contributed by atoms with van der Waals surface area (Å²) >= 11 is 0. The van der Waals surface area contributed by atoms with Crippen molar-refractivity contribution in [2.45, 2.75) is 115 Å². The van der Waals surface area contributed by atoms with Gasteiger partial charge in [-0.15, -0.1) is 0 Å². The maximum Gasteiger partial charge on any atom is 0.253 e. The van der Waals surface area contributed by atoms with Gasteiger partial charge in [0, 0.05) is 12.0 Å². The molecule has 1 atom stereocenters. The standard InChI is InChI=1S/C26H45N3O4S/c1-2-3-4-5-6-7-8-9-10-11-12-13-14-15-19-22-24(30)28-26(34(27,32)33)29-25(31)23-20-17-16-18-21-23/h16-18,20-21,26H,2-15,19,22H2,1H3,(H,28,30)(H,29,31)(H2,27,32,33). The third-order valence-corrected chi connectivity index (χ3v) is 6.82. The molecule has 0 heterocycles. The highest BCUT2D eigenvalue weighted by Crippen LogP contribution is 2.13. The van der Waals surface area contributed by atoms with E-state index in [4.69, 9.17) is 5.14 Å². The van der Waals surface area contributed by atoms with Gasteiger partial charge in [0.25, 0.3) is 5.91 Å². The van der Waals surface area contributed by atoms with Crippen LogP contribution in [0.15, 0.2) is 30.3 Å². The molecule has 0 radical (unpaired) electrons. The van der Waals surface area contributed by atoms with E-state index in [1.54, 1.807) is 30.3 Å². The number of rotatable bonds is 20. The Hall–Kier alpha value is -1.93. The van der Waals surface area contributed by atoms with Crippen molar-refractivity contribution in [3.8, 4) is 0 Å². The average molecular weight is 496 g/mol. The third-order valence-electron chi connectivity index (χ3n) is 5.93. The first-order valence-corrected chi connectivity index (χ1v) is 14.6. The predicted octanol–water partition coefficient (Wildman–Crippen LogP) is 5.37. The molecule has 0 saturated carbocycles. The molecule has 34 heavy (non-hydrogen) atoms. The second-order valence-corrected chi connectivity index (χ2v) is 10.7. The Labute approximate surface area is 206 Å². The lowest BCUT2D eigenvalue weighted by Gasteiger charge is -2.18. The van der Waals surface area contributed by atoms with Crippen molar-refractivity contribution in [3.63, 3.8) is 0 Å². The zero-order valence-electron chi connectivity index (χ0n) is 20.9. The molecule has 1 aromatic rings. The largest absolute Gasteiger partial charge is 0.322 e. The molecule has 0 aromatic heterocycles. The molecule has 2 amide bonds. The van der Waals surface area contributed by atoms with Crippen molar-refractivity contribution < 1.29 is 18.0 Å². The van der Waals surface area contributed by atoms with Gasteiger partial charge in [0.2, 0.25) is 21.4 Å². The van der Waals surface area contributed by atoms with Gasteiger partial charge in [0.05, 0.1) is 0 Å². The summed E-state index contributed by atoms with van der Waals surface area (Å²) in [6.07, 6.45) is 18.7. The molecule has 7 nitrogen and oxygen atoms in total. The van der Waals surface area contributed by atoms with E-state index in [0.717, 1.165) is 19.3 Å². The van der Waals surface area contributed by atoms with Crippen LogP contribution in [0.4, 0.5) is 0 Å². The maximum absolute atomic E-state index is 12.2. The zero-order valence-corrected chi connectivity index (χ0v) is 21.7. The number of sulfonamides is 1. The van der Waals surface area contributed by atoms with Crippen molar-refractivity contribution in [1.29, 1.82) is 0 Å². The van der Waals surface area contributed by atoms with E-state index in [0.29, 0.717) is 6.42 Å². The minimum atomic E-state index is -4.19. The number of nitrogens with one attached hydrogen (secondary N) is 2. The molecule has 194 valence electrons. The minimum Gasteiger partial charge on any atom is -0.322 e. The summed E-state index contributed by atoms with van der Waals surface area (Å²) in [5.41, 5.74) is -1.36. The lowest BCUT2D eigenvalue weighted by Crippen LogP contribution is -2.54. The van der Waals surface area contributed by atoms with E-state index >= 15 is 0 Å². The molecule has 0 aliphatic carbocycles. The molecule has 0 saturated heterocycles. The van der Waals surface area contributed by atoms with Crippen LogP contribution in [0.2, 0.25) is 0 Å². The first-order chi connectivity index (χ1) is 16.3. The Morgan fingerprint density at radius 2 is 1.18 bits per heavy atom. The van der Waals surface area contributed by atoms with Crippen LogP contribution in [0.1, 0.15) is 120 Å². The molecular weight excluding hydrogens is 450 g/mol. The van der Waals surface area contributed by atoms with Crippen molar-refractivity contribution in [2.75, 3.05) is 0 Å². The van der Waals surface area contributed by atoms with Crippen molar-refractivity contribution in [1.82, 2.24) is 10.6 Å². The van der Waals surface area contributed by atoms with Crippen LogP contribution in [-0.2, 0) is 14.8 Å². The van der Waals surface area contributed by atoms with E-state index in [-0.39, 0.29) is 12.0 Å². The second-order valence-electron chi connectivity index (χ2n) is 9.08. The highest BCUT2D eigenvalue weighted by molar-refractivity contribution is 7.89. The summed E-state index contributed by atoms with van der Waals surface area (Å²) in [6, 6.07) is 8.17. The van der Waals surface area contributed by atoms with E-state index in [1.807, 2.05) is 0 Å². The van der Waals surface area contributed by atoms with Gasteiger partial charge >= 0.3 is 0 Å². The zero-order chi connectivity index (χ0) is 25.1. The quantitative estimate of drug-likeness (QED) is 0.166. The van der Waals surface area contributed by atoms with Crippen molar-refractivity contribution in [2.24, 2.45) is 5.14 Å². The van der Waals surface area contributed by atoms with Crippen LogP contribution < -0.4 is 15.8 Å². The molecule has 4 N–H and O–H groups in total. The Bertz CT molecular complexity index is 784. The SMILES string of the molecule is CCCCCCCCCCCCCCCCCC(=O)NC(NC(=O)c1ccccc1)S(N)(=O)=O. The van der Waals surface area contributed by atoms with Crippen LogP contribution in [0.3, 0.4) is 0 Å². The Balaban J connectivity index is 2.09. The van der Waals surface area contributed by atoms with E-state index in [1.165, 1.54) is 70.6 Å². The molecule has 1 rings (SSSR count). The summed E-state index contributed by atoms with van der Waals surface area (Å²) in [5.74, 6) is -1.06. The van der Waals surface area contributed by atoms with Gasteiger partial charge in [-0.3, -0.25) is 9.59 Å². The minimum absolute atomic E-state index is 0.200. The van der Waals surface area contributed by atoms with E-state index in [9.17, 15) is 18.0 Å². The number of nitrogens with two attached hydrogens (primary N) is 1. The predicted molar refractivity (Wildman–Crippen MR) is 138 cm³/mol. The van der Waals surface area contributed by atoms with Gasteiger partial charge < -0.3 is 10.6 Å². The van der Waals surface area contributed by atoms with Crippen molar-refractivity contribution in [3.05, 3.63) is 35.9 Å². The fraction of sp³-hybridized carbons (Fsp3) is 0.692. The Kier molecular flexibility index (Phi) is 16.3. The molecular formula is C26H45N3O4S. The van der Waals surface area contributed by atoms with Crippen LogP contribution >= 0.6 is 0 Å². The highest BCUT2D eigenvalue weighted by Gasteiger charge is 2.25. The van der Waals surface area contributed by atoms with Crippen LogP contribution in [0, 0.1) is 0 Å². The van der Waals surface area contributed by atoms with Crippen LogP contribution in [0.25, 0.3) is 0 Å². The van der Waals surface area contributed by atoms with Gasteiger partial charge in [-0.05, 0) is 18.6 Å². The fourth-order valence-electron chi connectivity index (χ4n) is 3.87. The van der Waals surface area contributed by atoms with Crippen molar-refractivity contribution >= 4 is 21.8 Å². The van der Waals surface area contributed by atoms with Gasteiger partial charge in [0.15, 0.2) is 0 Å². The molecule has 1 aromatic carbocycles. The van der Waals surface area contributed by atoms with Crippen LogP contribution in [-0.4, -0.2) is 25.7 Å². The number of hydrogen-bond donors (Lipinski definition) is 3. The maximum atomic E-state index is 12.2. The molecule has 0 aliphatic rings. The summed E-state index contributed by atoms with van der Waals surface area (Å²) in [7, 11) is -4.19. The summed E-state index contributed by atoms with van der Waals surface area (Å²) in [5, 5.41) is 9.78. The van der Waals surface area contributed by atoms with Gasteiger partial charge in [-0.1, -0.05) is 115 Å². The third kappa shape index (κ3) is 15.1.